The van der Waals surface area contributed by atoms with Crippen LogP contribution in [0.3, 0.4) is 0 Å². The lowest BCUT2D eigenvalue weighted by molar-refractivity contribution is -0.149. The van der Waals surface area contributed by atoms with Crippen molar-refractivity contribution in [1.29, 1.82) is 0 Å². The first kappa shape index (κ1) is 12.7. The number of rotatable bonds is 4. The third-order valence-corrected chi connectivity index (χ3v) is 2.53. The number of ether oxygens (including phenoxy) is 3. The average molecular weight is 251 g/mol. The Kier molecular flexibility index (Phi) is 3.72. The van der Waals surface area contributed by atoms with E-state index in [1.54, 1.807) is 26.0 Å². The molecule has 0 fully saturated rings. The van der Waals surface area contributed by atoms with Gasteiger partial charge in [-0.05, 0) is 26.0 Å². The van der Waals surface area contributed by atoms with Gasteiger partial charge in [-0.15, -0.1) is 0 Å². The second-order valence-electron chi connectivity index (χ2n) is 4.44. The van der Waals surface area contributed by atoms with Crippen LogP contribution in [0.15, 0.2) is 18.2 Å². The lowest BCUT2D eigenvalue weighted by atomic mass is 10.1. The molecule has 0 spiro atoms. The van der Waals surface area contributed by atoms with Crippen molar-refractivity contribution in [3.8, 4) is 11.5 Å². The molecule has 0 amide bonds. The van der Waals surface area contributed by atoms with Gasteiger partial charge in [0.1, 0.15) is 18.1 Å². The molecule has 5 nitrogen and oxygen atoms in total. The van der Waals surface area contributed by atoms with E-state index in [4.69, 9.17) is 19.9 Å². The molecule has 1 heterocycles. The zero-order chi connectivity index (χ0) is 13.1. The third kappa shape index (κ3) is 2.92. The smallest absolute Gasteiger partial charge is 0.344 e. The predicted molar refractivity (Wildman–Crippen MR) is 65.6 cm³/mol. The second kappa shape index (κ2) is 5.27. The molecule has 1 aliphatic heterocycles. The normalized spacial score (nSPS) is 17.2. The average Bonchev–Trinajstić information content (AvgIpc) is 2.67. The maximum absolute atomic E-state index is 11.3. The maximum atomic E-state index is 11.3. The molecule has 1 unspecified atom stereocenters. The largest absolute Gasteiger partial charge is 0.491 e. The molecule has 0 radical (unpaired) electrons. The van der Waals surface area contributed by atoms with E-state index in [1.807, 2.05) is 6.07 Å². The van der Waals surface area contributed by atoms with Gasteiger partial charge in [0.15, 0.2) is 6.61 Å². The van der Waals surface area contributed by atoms with Crippen LogP contribution < -0.4 is 15.2 Å². The molecular weight excluding hydrogens is 234 g/mol. The van der Waals surface area contributed by atoms with E-state index in [0.717, 1.165) is 11.3 Å². The number of nitrogens with two attached hydrogens (primary N) is 1. The first-order valence-electron chi connectivity index (χ1n) is 5.91. The molecule has 98 valence electrons. The van der Waals surface area contributed by atoms with Gasteiger partial charge in [0, 0.05) is 11.6 Å². The first-order valence-corrected chi connectivity index (χ1v) is 5.91. The topological polar surface area (TPSA) is 70.8 Å². The van der Waals surface area contributed by atoms with Gasteiger partial charge in [0.25, 0.3) is 0 Å². The molecule has 2 N–H and O–H groups in total. The summed E-state index contributed by atoms with van der Waals surface area (Å²) >= 11 is 0. The lowest BCUT2D eigenvalue weighted by Gasteiger charge is -2.10. The minimum Gasteiger partial charge on any atom is -0.491 e. The highest BCUT2D eigenvalue weighted by atomic mass is 16.6. The molecule has 1 aromatic rings. The second-order valence-corrected chi connectivity index (χ2v) is 4.44. The van der Waals surface area contributed by atoms with Crippen LogP contribution in [0.4, 0.5) is 0 Å². The van der Waals surface area contributed by atoms with Gasteiger partial charge >= 0.3 is 5.97 Å². The summed E-state index contributed by atoms with van der Waals surface area (Å²) in [6.45, 7) is 3.96. The summed E-state index contributed by atoms with van der Waals surface area (Å²) in [7, 11) is 0. The van der Waals surface area contributed by atoms with E-state index in [9.17, 15) is 4.79 Å². The Hall–Kier alpha value is -1.75. The standard InChI is InChI=1S/C13H17NO4/c1-8(2)18-13(15)7-16-9-3-4-10-11(14)6-17-12(10)5-9/h3-5,8,11H,6-7,14H2,1-2H3. The van der Waals surface area contributed by atoms with Crippen LogP contribution in [-0.2, 0) is 9.53 Å². The maximum Gasteiger partial charge on any atom is 0.344 e. The van der Waals surface area contributed by atoms with Crippen molar-refractivity contribution in [3.63, 3.8) is 0 Å². The third-order valence-electron chi connectivity index (χ3n) is 2.53. The Balaban J connectivity index is 1.93. The summed E-state index contributed by atoms with van der Waals surface area (Å²) in [6.07, 6.45) is -0.137. The predicted octanol–water partition coefficient (Wildman–Crippen LogP) is 1.41. The number of carbonyl (C=O) groups excluding carboxylic acids is 1. The number of benzene rings is 1. The van der Waals surface area contributed by atoms with E-state index in [-0.39, 0.29) is 24.7 Å². The molecule has 1 aromatic carbocycles. The molecule has 1 aliphatic rings. The minimum atomic E-state index is -0.386. The lowest BCUT2D eigenvalue weighted by Crippen LogP contribution is -2.18. The van der Waals surface area contributed by atoms with Crippen molar-refractivity contribution in [1.82, 2.24) is 0 Å². The van der Waals surface area contributed by atoms with E-state index in [1.165, 1.54) is 0 Å². The SMILES string of the molecule is CC(C)OC(=O)COc1ccc2c(c1)OCC2N. The highest BCUT2D eigenvalue weighted by Gasteiger charge is 2.21. The number of hydrogen-bond donors (Lipinski definition) is 1. The van der Waals surface area contributed by atoms with Crippen LogP contribution >= 0.6 is 0 Å². The molecule has 5 heteroatoms. The van der Waals surface area contributed by atoms with E-state index in [2.05, 4.69) is 0 Å². The van der Waals surface area contributed by atoms with Crippen LogP contribution in [0.2, 0.25) is 0 Å². The van der Waals surface area contributed by atoms with E-state index >= 15 is 0 Å². The van der Waals surface area contributed by atoms with Gasteiger partial charge < -0.3 is 19.9 Å². The summed E-state index contributed by atoms with van der Waals surface area (Å²) in [5, 5.41) is 0. The highest BCUT2D eigenvalue weighted by Crippen LogP contribution is 2.33. The molecule has 1 atom stereocenters. The first-order chi connectivity index (χ1) is 8.56. The Morgan fingerprint density at radius 1 is 1.56 bits per heavy atom. The number of esters is 1. The Morgan fingerprint density at radius 2 is 2.33 bits per heavy atom. The summed E-state index contributed by atoms with van der Waals surface area (Å²) in [5.41, 5.74) is 6.80. The van der Waals surface area contributed by atoms with E-state index in [0.29, 0.717) is 12.4 Å². The fraction of sp³-hybridized carbons (Fsp3) is 0.462. The summed E-state index contributed by atoms with van der Waals surface area (Å²) in [4.78, 5) is 11.3. The molecule has 0 aliphatic carbocycles. The van der Waals surface area contributed by atoms with Crippen molar-refractivity contribution >= 4 is 5.97 Å². The van der Waals surface area contributed by atoms with Crippen molar-refractivity contribution in [3.05, 3.63) is 23.8 Å². The molecular formula is C13H17NO4. The molecule has 0 aromatic heterocycles. The highest BCUT2D eigenvalue weighted by molar-refractivity contribution is 5.71. The van der Waals surface area contributed by atoms with Crippen molar-refractivity contribution < 1.29 is 19.0 Å². The van der Waals surface area contributed by atoms with Crippen molar-refractivity contribution in [2.75, 3.05) is 13.2 Å². The van der Waals surface area contributed by atoms with Gasteiger partial charge in [-0.1, -0.05) is 0 Å². The van der Waals surface area contributed by atoms with Crippen LogP contribution in [0.25, 0.3) is 0 Å². The molecule has 0 bridgehead atoms. The summed E-state index contributed by atoms with van der Waals surface area (Å²) in [6, 6.07) is 5.29. The van der Waals surface area contributed by atoms with Crippen molar-refractivity contribution in [2.24, 2.45) is 5.73 Å². The number of carbonyl (C=O) groups is 1. The molecule has 18 heavy (non-hydrogen) atoms. The Bertz CT molecular complexity index is 445. The summed E-state index contributed by atoms with van der Waals surface area (Å²) in [5.74, 6) is 0.906. The minimum absolute atomic E-state index is 0.0834. The number of fused-ring (bicyclic) bond motifs is 1. The van der Waals surface area contributed by atoms with Crippen LogP contribution in [0.5, 0.6) is 11.5 Å². The number of hydrogen-bond acceptors (Lipinski definition) is 5. The molecule has 2 rings (SSSR count). The van der Waals surface area contributed by atoms with Gasteiger partial charge in [-0.2, -0.15) is 0 Å². The van der Waals surface area contributed by atoms with Crippen LogP contribution in [-0.4, -0.2) is 25.3 Å². The van der Waals surface area contributed by atoms with Gasteiger partial charge in [-0.3, -0.25) is 0 Å². The summed E-state index contributed by atoms with van der Waals surface area (Å²) < 4.78 is 15.7. The Morgan fingerprint density at radius 3 is 3.06 bits per heavy atom. The molecule has 0 saturated carbocycles. The quantitative estimate of drug-likeness (QED) is 0.819. The van der Waals surface area contributed by atoms with Gasteiger partial charge in [0.2, 0.25) is 0 Å². The zero-order valence-corrected chi connectivity index (χ0v) is 10.5. The zero-order valence-electron chi connectivity index (χ0n) is 10.5. The van der Waals surface area contributed by atoms with E-state index < -0.39 is 0 Å². The fourth-order valence-electron chi connectivity index (χ4n) is 1.74. The Labute approximate surface area is 106 Å². The van der Waals surface area contributed by atoms with Crippen molar-refractivity contribution in [2.45, 2.75) is 26.0 Å². The molecule has 0 saturated heterocycles. The van der Waals surface area contributed by atoms with Crippen LogP contribution in [0, 0.1) is 0 Å². The van der Waals surface area contributed by atoms with Gasteiger partial charge in [0.05, 0.1) is 12.1 Å². The monoisotopic (exact) mass is 251 g/mol. The van der Waals surface area contributed by atoms with Gasteiger partial charge in [-0.25, -0.2) is 4.79 Å². The fourth-order valence-corrected chi connectivity index (χ4v) is 1.74. The van der Waals surface area contributed by atoms with Crippen LogP contribution in [0.1, 0.15) is 25.5 Å².